The summed E-state index contributed by atoms with van der Waals surface area (Å²) in [7, 11) is 1.32. The molecule has 0 spiro atoms. The first-order chi connectivity index (χ1) is 11.8. The van der Waals surface area contributed by atoms with Crippen LogP contribution in [0.2, 0.25) is 0 Å². The number of carbonyl (C=O) groups excluding carboxylic acids is 2. The molecule has 2 N–H and O–H groups in total. The highest BCUT2D eigenvalue weighted by Gasteiger charge is 2.18. The van der Waals surface area contributed by atoms with Crippen molar-refractivity contribution >= 4 is 28.9 Å². The van der Waals surface area contributed by atoms with Crippen molar-refractivity contribution in [2.45, 2.75) is 6.92 Å². The minimum Gasteiger partial charge on any atom is -0.496 e. The zero-order valence-corrected chi connectivity index (χ0v) is 13.3. The SMILES string of the molecule is COc1ccc([N+](=O)[O-])cc1C(=O)Nc1ccc(F)c(NC(C)=O)c1. The first-order valence-electron chi connectivity index (χ1n) is 7.02. The van der Waals surface area contributed by atoms with Gasteiger partial charge in [-0.1, -0.05) is 0 Å². The number of amides is 2. The predicted octanol–water partition coefficient (Wildman–Crippen LogP) is 2.95. The van der Waals surface area contributed by atoms with Gasteiger partial charge in [0, 0.05) is 24.7 Å². The Kier molecular flexibility index (Phi) is 5.28. The van der Waals surface area contributed by atoms with Crippen LogP contribution < -0.4 is 15.4 Å². The lowest BCUT2D eigenvalue weighted by Gasteiger charge is -2.11. The number of ether oxygens (including phenoxy) is 1. The highest BCUT2D eigenvalue weighted by atomic mass is 19.1. The Hall–Kier alpha value is -3.49. The highest BCUT2D eigenvalue weighted by Crippen LogP contribution is 2.26. The van der Waals surface area contributed by atoms with Crippen LogP contribution in [0.25, 0.3) is 0 Å². The van der Waals surface area contributed by atoms with E-state index in [0.29, 0.717) is 0 Å². The van der Waals surface area contributed by atoms with E-state index in [1.807, 2.05) is 0 Å². The van der Waals surface area contributed by atoms with Crippen LogP contribution in [0.4, 0.5) is 21.5 Å². The van der Waals surface area contributed by atoms with E-state index in [9.17, 15) is 24.1 Å². The van der Waals surface area contributed by atoms with E-state index in [1.54, 1.807) is 0 Å². The molecule has 0 unspecified atom stereocenters. The molecule has 2 amide bonds. The van der Waals surface area contributed by atoms with Gasteiger partial charge >= 0.3 is 0 Å². The van der Waals surface area contributed by atoms with Crippen LogP contribution in [0.1, 0.15) is 17.3 Å². The van der Waals surface area contributed by atoms with Gasteiger partial charge in [-0.15, -0.1) is 0 Å². The second-order valence-electron chi connectivity index (χ2n) is 4.97. The summed E-state index contributed by atoms with van der Waals surface area (Å²) in [6.45, 7) is 1.22. The third-order valence-corrected chi connectivity index (χ3v) is 3.17. The Morgan fingerprint density at radius 3 is 2.48 bits per heavy atom. The van der Waals surface area contributed by atoms with E-state index in [2.05, 4.69) is 10.6 Å². The van der Waals surface area contributed by atoms with Crippen molar-refractivity contribution in [2.24, 2.45) is 0 Å². The van der Waals surface area contributed by atoms with Crippen molar-refractivity contribution in [1.29, 1.82) is 0 Å². The average molecular weight is 347 g/mol. The summed E-state index contributed by atoms with van der Waals surface area (Å²) in [6.07, 6.45) is 0. The number of anilines is 2. The Morgan fingerprint density at radius 1 is 1.16 bits per heavy atom. The molecule has 9 heteroatoms. The lowest BCUT2D eigenvalue weighted by molar-refractivity contribution is -0.384. The normalized spacial score (nSPS) is 10.0. The van der Waals surface area contributed by atoms with Gasteiger partial charge in [0.2, 0.25) is 5.91 Å². The molecule has 25 heavy (non-hydrogen) atoms. The molecular weight excluding hydrogens is 333 g/mol. The number of non-ortho nitro benzene ring substituents is 1. The van der Waals surface area contributed by atoms with Gasteiger partial charge in [0.1, 0.15) is 11.6 Å². The summed E-state index contributed by atoms with van der Waals surface area (Å²) in [5.41, 5.74) is -0.230. The summed E-state index contributed by atoms with van der Waals surface area (Å²) in [6, 6.07) is 7.20. The third-order valence-electron chi connectivity index (χ3n) is 3.17. The zero-order valence-electron chi connectivity index (χ0n) is 13.3. The first-order valence-corrected chi connectivity index (χ1v) is 7.02. The molecule has 0 aliphatic rings. The molecule has 0 atom stereocenters. The zero-order chi connectivity index (χ0) is 18.6. The average Bonchev–Trinajstić information content (AvgIpc) is 2.56. The van der Waals surface area contributed by atoms with Crippen LogP contribution >= 0.6 is 0 Å². The number of benzene rings is 2. The number of methoxy groups -OCH3 is 1. The van der Waals surface area contributed by atoms with Gasteiger partial charge in [0.05, 0.1) is 23.3 Å². The lowest BCUT2D eigenvalue weighted by Crippen LogP contribution is -2.14. The number of nitro benzene ring substituents is 1. The fraction of sp³-hybridized carbons (Fsp3) is 0.125. The Labute approximate surface area is 141 Å². The standard InChI is InChI=1S/C16H14FN3O5/c1-9(21)18-14-7-10(3-5-13(14)17)19-16(22)12-8-11(20(23)24)4-6-15(12)25-2/h3-8H,1-2H3,(H,18,21)(H,19,22). The minimum absolute atomic E-state index is 0.0536. The van der Waals surface area contributed by atoms with E-state index in [1.165, 1.54) is 38.3 Å². The molecule has 130 valence electrons. The summed E-state index contributed by atoms with van der Waals surface area (Å²) >= 11 is 0. The van der Waals surface area contributed by atoms with E-state index in [-0.39, 0.29) is 28.4 Å². The molecule has 0 saturated carbocycles. The van der Waals surface area contributed by atoms with Crippen LogP contribution in [0, 0.1) is 15.9 Å². The summed E-state index contributed by atoms with van der Waals surface area (Å²) < 4.78 is 18.7. The maximum absolute atomic E-state index is 13.6. The molecule has 2 aromatic carbocycles. The molecule has 8 nitrogen and oxygen atoms in total. The summed E-state index contributed by atoms with van der Waals surface area (Å²) in [5.74, 6) is -1.67. The molecule has 0 aliphatic heterocycles. The summed E-state index contributed by atoms with van der Waals surface area (Å²) in [4.78, 5) is 33.7. The van der Waals surface area contributed by atoms with E-state index < -0.39 is 22.6 Å². The second kappa shape index (κ2) is 7.39. The van der Waals surface area contributed by atoms with Gasteiger partial charge in [-0.25, -0.2) is 4.39 Å². The number of nitrogens with one attached hydrogen (secondary N) is 2. The van der Waals surface area contributed by atoms with Crippen LogP contribution in [0.3, 0.4) is 0 Å². The third kappa shape index (κ3) is 4.28. The van der Waals surface area contributed by atoms with E-state index in [4.69, 9.17) is 4.74 Å². The molecule has 0 bridgehead atoms. The largest absolute Gasteiger partial charge is 0.496 e. The molecule has 2 rings (SSSR count). The second-order valence-corrected chi connectivity index (χ2v) is 4.97. The topological polar surface area (TPSA) is 111 Å². The Morgan fingerprint density at radius 2 is 1.88 bits per heavy atom. The molecule has 0 fully saturated rings. The molecule has 0 aromatic heterocycles. The van der Waals surface area contributed by atoms with Crippen molar-refractivity contribution in [1.82, 2.24) is 0 Å². The van der Waals surface area contributed by atoms with Crippen LogP contribution in [-0.2, 0) is 4.79 Å². The highest BCUT2D eigenvalue weighted by molar-refractivity contribution is 6.07. The Balaban J connectivity index is 2.32. The van der Waals surface area contributed by atoms with Gasteiger partial charge in [-0.3, -0.25) is 19.7 Å². The fourth-order valence-corrected chi connectivity index (χ4v) is 2.07. The number of nitro groups is 1. The van der Waals surface area contributed by atoms with Crippen molar-refractivity contribution < 1.29 is 23.6 Å². The van der Waals surface area contributed by atoms with Gasteiger partial charge in [0.25, 0.3) is 11.6 Å². The van der Waals surface area contributed by atoms with Crippen molar-refractivity contribution in [3.05, 3.63) is 57.9 Å². The van der Waals surface area contributed by atoms with Crippen molar-refractivity contribution in [2.75, 3.05) is 17.7 Å². The number of hydrogen-bond donors (Lipinski definition) is 2. The maximum atomic E-state index is 13.6. The van der Waals surface area contributed by atoms with E-state index >= 15 is 0 Å². The monoisotopic (exact) mass is 347 g/mol. The van der Waals surface area contributed by atoms with Crippen LogP contribution in [0.5, 0.6) is 5.75 Å². The van der Waals surface area contributed by atoms with Gasteiger partial charge in [-0.05, 0) is 24.3 Å². The summed E-state index contributed by atoms with van der Waals surface area (Å²) in [5, 5.41) is 15.6. The molecule has 0 radical (unpaired) electrons. The molecule has 0 heterocycles. The number of carbonyl (C=O) groups is 2. The van der Waals surface area contributed by atoms with Crippen molar-refractivity contribution in [3.8, 4) is 5.75 Å². The molecule has 2 aromatic rings. The van der Waals surface area contributed by atoms with Gasteiger partial charge in [-0.2, -0.15) is 0 Å². The predicted molar refractivity (Wildman–Crippen MR) is 88.3 cm³/mol. The van der Waals surface area contributed by atoms with Crippen LogP contribution in [0.15, 0.2) is 36.4 Å². The van der Waals surface area contributed by atoms with Crippen LogP contribution in [-0.4, -0.2) is 23.8 Å². The number of nitrogens with zero attached hydrogens (tertiary/aromatic N) is 1. The number of halogens is 1. The Bertz CT molecular complexity index is 854. The lowest BCUT2D eigenvalue weighted by atomic mass is 10.1. The molecule has 0 aliphatic carbocycles. The fourth-order valence-electron chi connectivity index (χ4n) is 2.07. The smallest absolute Gasteiger partial charge is 0.270 e. The molecule has 0 saturated heterocycles. The van der Waals surface area contributed by atoms with E-state index in [0.717, 1.165) is 12.1 Å². The molecular formula is C16H14FN3O5. The first kappa shape index (κ1) is 17.9. The van der Waals surface area contributed by atoms with Gasteiger partial charge < -0.3 is 15.4 Å². The van der Waals surface area contributed by atoms with Gasteiger partial charge in [0.15, 0.2) is 0 Å². The number of hydrogen-bond acceptors (Lipinski definition) is 5. The van der Waals surface area contributed by atoms with Crippen molar-refractivity contribution in [3.63, 3.8) is 0 Å². The maximum Gasteiger partial charge on any atom is 0.270 e. The number of rotatable bonds is 5. The minimum atomic E-state index is -0.680. The quantitative estimate of drug-likeness (QED) is 0.638.